The first kappa shape index (κ1) is 25.2. The third-order valence-corrected chi connectivity index (χ3v) is 5.16. The Morgan fingerprint density at radius 2 is 1.50 bits per heavy atom. The van der Waals surface area contributed by atoms with Crippen LogP contribution in [0.3, 0.4) is 0 Å². The van der Waals surface area contributed by atoms with Crippen LogP contribution in [0.5, 0.6) is 0 Å². The summed E-state index contributed by atoms with van der Waals surface area (Å²) in [5.74, 6) is -1.19. The number of aromatic nitrogens is 1. The van der Waals surface area contributed by atoms with Crippen LogP contribution in [-0.2, 0) is 14.3 Å². The van der Waals surface area contributed by atoms with E-state index in [1.165, 1.54) is 0 Å². The van der Waals surface area contributed by atoms with Crippen molar-refractivity contribution in [3.63, 3.8) is 0 Å². The molecule has 0 bridgehead atoms. The van der Waals surface area contributed by atoms with E-state index >= 15 is 0 Å². The van der Waals surface area contributed by atoms with Crippen molar-refractivity contribution >= 4 is 23.5 Å². The molecule has 0 aliphatic carbocycles. The molecular formula is C25H34N2O5. The van der Waals surface area contributed by atoms with Crippen LogP contribution in [0.25, 0.3) is 0 Å². The zero-order chi connectivity index (χ0) is 24.2. The molecule has 1 aromatic heterocycles. The van der Waals surface area contributed by atoms with Crippen LogP contribution in [0.1, 0.15) is 96.6 Å². The highest BCUT2D eigenvalue weighted by atomic mass is 16.5. The van der Waals surface area contributed by atoms with Gasteiger partial charge in [0.25, 0.3) is 5.91 Å². The number of amides is 1. The Labute approximate surface area is 189 Å². The number of benzene rings is 1. The highest BCUT2D eigenvalue weighted by Gasteiger charge is 2.25. The Bertz CT molecular complexity index is 976. The third-order valence-electron chi connectivity index (χ3n) is 5.16. The molecule has 2 aromatic rings. The molecule has 0 saturated heterocycles. The van der Waals surface area contributed by atoms with E-state index in [1.807, 2.05) is 18.2 Å². The standard InChI is InChI=1S/C25H34N2O5/c1-13(2)18-10-9-11-19(14(3)4)23(18)27-20(28)12-31-25(30)22-16(7)21(17(8)26-22)24(29)32-15(5)6/h9-11,13-15,26H,12H2,1-8H3,(H,27,28). The molecule has 0 unspecified atom stereocenters. The summed E-state index contributed by atoms with van der Waals surface area (Å²) in [5, 5.41) is 2.92. The number of hydrogen-bond acceptors (Lipinski definition) is 5. The largest absolute Gasteiger partial charge is 0.459 e. The molecule has 0 aliphatic heterocycles. The van der Waals surface area contributed by atoms with Gasteiger partial charge in [-0.25, -0.2) is 9.59 Å². The van der Waals surface area contributed by atoms with Crippen molar-refractivity contribution in [1.29, 1.82) is 0 Å². The summed E-state index contributed by atoms with van der Waals surface area (Å²) in [6.07, 6.45) is -0.278. The first-order chi connectivity index (χ1) is 14.9. The minimum absolute atomic E-state index is 0.136. The van der Waals surface area contributed by atoms with Crippen LogP contribution >= 0.6 is 0 Å². The maximum absolute atomic E-state index is 12.6. The highest BCUT2D eigenvalue weighted by molar-refractivity contribution is 6.00. The van der Waals surface area contributed by atoms with E-state index in [2.05, 4.69) is 38.0 Å². The number of rotatable bonds is 8. The number of aryl methyl sites for hydroxylation is 1. The number of aromatic amines is 1. The van der Waals surface area contributed by atoms with Crippen LogP contribution < -0.4 is 5.32 Å². The van der Waals surface area contributed by atoms with Gasteiger partial charge in [-0.15, -0.1) is 0 Å². The minimum atomic E-state index is -0.703. The molecule has 0 aliphatic rings. The van der Waals surface area contributed by atoms with E-state index in [-0.39, 0.29) is 23.6 Å². The average molecular weight is 443 g/mol. The summed E-state index contributed by atoms with van der Waals surface area (Å²) < 4.78 is 10.5. The second kappa shape index (κ2) is 10.5. The van der Waals surface area contributed by atoms with Gasteiger partial charge in [-0.3, -0.25) is 4.79 Å². The Morgan fingerprint density at radius 3 is 2.00 bits per heavy atom. The second-order valence-corrected chi connectivity index (χ2v) is 8.82. The van der Waals surface area contributed by atoms with Crippen molar-refractivity contribution in [2.45, 2.75) is 73.3 Å². The van der Waals surface area contributed by atoms with Crippen molar-refractivity contribution in [3.8, 4) is 0 Å². The van der Waals surface area contributed by atoms with Gasteiger partial charge in [0.2, 0.25) is 0 Å². The van der Waals surface area contributed by atoms with Gasteiger partial charge in [-0.2, -0.15) is 0 Å². The molecule has 2 N–H and O–H groups in total. The fourth-order valence-corrected chi connectivity index (χ4v) is 3.61. The molecule has 0 spiro atoms. The summed E-state index contributed by atoms with van der Waals surface area (Å²) in [7, 11) is 0. The first-order valence-corrected chi connectivity index (χ1v) is 10.9. The number of carbonyl (C=O) groups excluding carboxylic acids is 3. The van der Waals surface area contributed by atoms with E-state index in [9.17, 15) is 14.4 Å². The lowest BCUT2D eigenvalue weighted by molar-refractivity contribution is -0.119. The molecule has 1 aromatic carbocycles. The first-order valence-electron chi connectivity index (χ1n) is 10.9. The minimum Gasteiger partial charge on any atom is -0.459 e. The van der Waals surface area contributed by atoms with Crippen LogP contribution in [0, 0.1) is 13.8 Å². The Morgan fingerprint density at radius 1 is 0.938 bits per heavy atom. The number of ether oxygens (including phenoxy) is 2. The Hall–Kier alpha value is -3.09. The molecule has 32 heavy (non-hydrogen) atoms. The van der Waals surface area contributed by atoms with Gasteiger partial charge in [0.15, 0.2) is 6.61 Å². The average Bonchev–Trinajstić information content (AvgIpc) is 2.99. The maximum Gasteiger partial charge on any atom is 0.355 e. The molecular weight excluding hydrogens is 408 g/mol. The maximum atomic E-state index is 12.6. The van der Waals surface area contributed by atoms with Gasteiger partial charge >= 0.3 is 11.9 Å². The van der Waals surface area contributed by atoms with Crippen LogP contribution in [-0.4, -0.2) is 35.5 Å². The quantitative estimate of drug-likeness (QED) is 0.545. The number of carbonyl (C=O) groups is 3. The van der Waals surface area contributed by atoms with Gasteiger partial charge in [-0.05, 0) is 56.2 Å². The van der Waals surface area contributed by atoms with Gasteiger partial charge in [-0.1, -0.05) is 45.9 Å². The number of nitrogens with one attached hydrogen (secondary N) is 2. The van der Waals surface area contributed by atoms with Crippen molar-refractivity contribution in [2.75, 3.05) is 11.9 Å². The number of H-pyrrole nitrogens is 1. The van der Waals surface area contributed by atoms with Gasteiger partial charge < -0.3 is 19.8 Å². The molecule has 174 valence electrons. The third kappa shape index (κ3) is 5.78. The fraction of sp³-hybridized carbons (Fsp3) is 0.480. The van der Waals surface area contributed by atoms with Gasteiger partial charge in [0, 0.05) is 11.4 Å². The predicted molar refractivity (Wildman–Crippen MR) is 124 cm³/mol. The lowest BCUT2D eigenvalue weighted by atomic mass is 9.92. The highest BCUT2D eigenvalue weighted by Crippen LogP contribution is 2.32. The number of hydrogen-bond donors (Lipinski definition) is 2. The monoisotopic (exact) mass is 442 g/mol. The van der Waals surface area contributed by atoms with E-state index in [0.717, 1.165) is 16.8 Å². The Kier molecular flexibility index (Phi) is 8.25. The molecule has 7 nitrogen and oxygen atoms in total. The molecule has 0 radical (unpaired) electrons. The molecule has 1 heterocycles. The van der Waals surface area contributed by atoms with E-state index in [1.54, 1.807) is 27.7 Å². The Balaban J connectivity index is 2.14. The van der Waals surface area contributed by atoms with Crippen molar-refractivity contribution in [2.24, 2.45) is 0 Å². The number of para-hydroxylation sites is 1. The fourth-order valence-electron chi connectivity index (χ4n) is 3.61. The van der Waals surface area contributed by atoms with E-state index in [0.29, 0.717) is 16.8 Å². The molecule has 0 atom stereocenters. The zero-order valence-electron chi connectivity index (χ0n) is 20.2. The molecule has 0 fully saturated rings. The summed E-state index contributed by atoms with van der Waals surface area (Å²) in [4.78, 5) is 40.4. The van der Waals surface area contributed by atoms with Crippen LogP contribution in [0.15, 0.2) is 18.2 Å². The normalized spacial score (nSPS) is 11.2. The van der Waals surface area contributed by atoms with Crippen LogP contribution in [0.2, 0.25) is 0 Å². The van der Waals surface area contributed by atoms with Crippen molar-refractivity contribution in [1.82, 2.24) is 4.98 Å². The van der Waals surface area contributed by atoms with Gasteiger partial charge in [0.05, 0.1) is 11.7 Å². The molecule has 2 rings (SSSR count). The van der Waals surface area contributed by atoms with Crippen LogP contribution in [0.4, 0.5) is 5.69 Å². The number of esters is 2. The van der Waals surface area contributed by atoms with Crippen molar-refractivity contribution in [3.05, 3.63) is 51.8 Å². The summed E-state index contributed by atoms with van der Waals surface area (Å²) in [6, 6.07) is 5.96. The summed E-state index contributed by atoms with van der Waals surface area (Å²) in [6.45, 7) is 14.7. The molecule has 7 heteroatoms. The zero-order valence-corrected chi connectivity index (χ0v) is 20.2. The topological polar surface area (TPSA) is 97.5 Å². The second-order valence-electron chi connectivity index (χ2n) is 8.82. The van der Waals surface area contributed by atoms with E-state index in [4.69, 9.17) is 9.47 Å². The molecule has 0 saturated carbocycles. The summed E-state index contributed by atoms with van der Waals surface area (Å²) >= 11 is 0. The summed E-state index contributed by atoms with van der Waals surface area (Å²) in [5.41, 5.74) is 4.21. The van der Waals surface area contributed by atoms with E-state index < -0.39 is 24.5 Å². The predicted octanol–water partition coefficient (Wildman–Crippen LogP) is 5.24. The number of anilines is 1. The SMILES string of the molecule is Cc1[nH]c(C(=O)OCC(=O)Nc2c(C(C)C)cccc2C(C)C)c(C)c1C(=O)OC(C)C. The van der Waals surface area contributed by atoms with Crippen molar-refractivity contribution < 1.29 is 23.9 Å². The molecule has 1 amide bonds. The van der Waals surface area contributed by atoms with Gasteiger partial charge in [0.1, 0.15) is 5.69 Å². The lowest BCUT2D eigenvalue weighted by Gasteiger charge is -2.20. The smallest absolute Gasteiger partial charge is 0.355 e. The lowest BCUT2D eigenvalue weighted by Crippen LogP contribution is -2.23.